The summed E-state index contributed by atoms with van der Waals surface area (Å²) in [5.74, 6) is 0. The third-order valence-electron chi connectivity index (χ3n) is 8.37. The third kappa shape index (κ3) is 18.6. The fraction of sp³-hybridized carbons (Fsp3) is 0.941. The molecule has 36 heavy (non-hydrogen) atoms. The SMILES string of the molecule is CCCCCCCCCCCCCCCCN1C=CN(CCCCCCCCCCCCC)C1CC. The maximum atomic E-state index is 2.62. The summed E-state index contributed by atoms with van der Waals surface area (Å²) in [4.78, 5) is 5.25. The van der Waals surface area contributed by atoms with E-state index in [0.717, 1.165) is 0 Å². The molecule has 0 aromatic rings. The summed E-state index contributed by atoms with van der Waals surface area (Å²) < 4.78 is 0. The highest BCUT2D eigenvalue weighted by atomic mass is 15.4. The van der Waals surface area contributed by atoms with E-state index in [2.05, 4.69) is 43.0 Å². The van der Waals surface area contributed by atoms with E-state index in [1.807, 2.05) is 0 Å². The highest BCUT2D eigenvalue weighted by Crippen LogP contribution is 2.21. The molecule has 0 aliphatic carbocycles. The van der Waals surface area contributed by atoms with Crippen molar-refractivity contribution in [2.75, 3.05) is 13.1 Å². The molecule has 1 aliphatic rings. The Kier molecular flexibility index (Phi) is 24.1. The van der Waals surface area contributed by atoms with Gasteiger partial charge in [-0.1, -0.05) is 168 Å². The van der Waals surface area contributed by atoms with Crippen molar-refractivity contribution in [2.24, 2.45) is 0 Å². The van der Waals surface area contributed by atoms with Gasteiger partial charge >= 0.3 is 0 Å². The van der Waals surface area contributed by atoms with E-state index in [1.54, 1.807) is 0 Å². The van der Waals surface area contributed by atoms with Crippen molar-refractivity contribution in [3.63, 3.8) is 0 Å². The van der Waals surface area contributed by atoms with Crippen molar-refractivity contribution in [2.45, 2.75) is 194 Å². The number of hydrogen-bond donors (Lipinski definition) is 0. The molecular weight excluding hydrogens is 436 g/mol. The van der Waals surface area contributed by atoms with Crippen LogP contribution in [0.3, 0.4) is 0 Å². The molecule has 0 fully saturated rings. The molecule has 2 nitrogen and oxygen atoms in total. The van der Waals surface area contributed by atoms with E-state index < -0.39 is 0 Å². The lowest BCUT2D eigenvalue weighted by atomic mass is 10.0. The van der Waals surface area contributed by atoms with E-state index in [0.29, 0.717) is 6.17 Å². The molecule has 0 aromatic carbocycles. The van der Waals surface area contributed by atoms with Crippen molar-refractivity contribution < 1.29 is 0 Å². The first-order valence-electron chi connectivity index (χ1n) is 17.0. The van der Waals surface area contributed by atoms with Gasteiger partial charge in [0.2, 0.25) is 0 Å². The molecule has 0 N–H and O–H groups in total. The molecule has 214 valence electrons. The average Bonchev–Trinajstić information content (AvgIpc) is 3.29. The van der Waals surface area contributed by atoms with Gasteiger partial charge in [-0.15, -0.1) is 0 Å². The largest absolute Gasteiger partial charge is 0.356 e. The van der Waals surface area contributed by atoms with Crippen molar-refractivity contribution in [3.05, 3.63) is 12.4 Å². The van der Waals surface area contributed by atoms with Gasteiger partial charge in [0.25, 0.3) is 0 Å². The first-order valence-corrected chi connectivity index (χ1v) is 17.0. The normalized spacial score (nSPS) is 15.5. The van der Waals surface area contributed by atoms with Crippen LogP contribution in [0.15, 0.2) is 12.4 Å². The Morgan fingerprint density at radius 3 is 0.861 bits per heavy atom. The molecule has 0 aromatic heterocycles. The molecule has 1 unspecified atom stereocenters. The molecule has 0 spiro atoms. The molecule has 0 amide bonds. The average molecular weight is 505 g/mol. The number of rotatable bonds is 28. The van der Waals surface area contributed by atoms with Crippen molar-refractivity contribution >= 4 is 0 Å². The van der Waals surface area contributed by atoms with Crippen LogP contribution in [-0.4, -0.2) is 29.1 Å². The van der Waals surface area contributed by atoms with Gasteiger partial charge < -0.3 is 9.80 Å². The van der Waals surface area contributed by atoms with Crippen LogP contribution >= 0.6 is 0 Å². The Morgan fingerprint density at radius 1 is 0.361 bits per heavy atom. The molecule has 1 rings (SSSR count). The molecular formula is C34H68N2. The Hall–Kier alpha value is -0.660. The molecule has 0 saturated carbocycles. The Morgan fingerprint density at radius 2 is 0.611 bits per heavy atom. The van der Waals surface area contributed by atoms with Gasteiger partial charge in [0.1, 0.15) is 6.17 Å². The Labute approximate surface area is 229 Å². The number of unbranched alkanes of at least 4 members (excludes halogenated alkanes) is 23. The lowest BCUT2D eigenvalue weighted by Crippen LogP contribution is -2.38. The zero-order valence-corrected chi connectivity index (χ0v) is 25.4. The van der Waals surface area contributed by atoms with Crippen LogP contribution in [0.25, 0.3) is 0 Å². The minimum atomic E-state index is 0.620. The summed E-state index contributed by atoms with van der Waals surface area (Å²) in [6, 6.07) is 0. The number of hydrogen-bond acceptors (Lipinski definition) is 2. The first kappa shape index (κ1) is 33.4. The van der Waals surface area contributed by atoms with Crippen LogP contribution in [0.1, 0.15) is 188 Å². The highest BCUT2D eigenvalue weighted by Gasteiger charge is 2.23. The maximum Gasteiger partial charge on any atom is 0.100 e. The summed E-state index contributed by atoms with van der Waals surface area (Å²) in [5, 5.41) is 0. The lowest BCUT2D eigenvalue weighted by Gasteiger charge is -2.32. The maximum absolute atomic E-state index is 2.62. The van der Waals surface area contributed by atoms with E-state index >= 15 is 0 Å². The molecule has 0 radical (unpaired) electrons. The molecule has 2 heteroatoms. The fourth-order valence-corrected chi connectivity index (χ4v) is 5.92. The number of nitrogens with zero attached hydrogens (tertiary/aromatic N) is 2. The predicted molar refractivity (Wildman–Crippen MR) is 163 cm³/mol. The smallest absolute Gasteiger partial charge is 0.100 e. The van der Waals surface area contributed by atoms with E-state index in [9.17, 15) is 0 Å². The van der Waals surface area contributed by atoms with Gasteiger partial charge in [-0.2, -0.15) is 0 Å². The van der Waals surface area contributed by atoms with Crippen LogP contribution in [0.5, 0.6) is 0 Å². The van der Waals surface area contributed by atoms with Gasteiger partial charge in [-0.05, 0) is 19.3 Å². The van der Waals surface area contributed by atoms with Gasteiger partial charge in [0.05, 0.1) is 0 Å². The first-order chi connectivity index (χ1) is 17.8. The second-order valence-corrected chi connectivity index (χ2v) is 11.8. The topological polar surface area (TPSA) is 6.48 Å². The second kappa shape index (κ2) is 26.0. The van der Waals surface area contributed by atoms with Crippen molar-refractivity contribution in [1.82, 2.24) is 9.80 Å². The second-order valence-electron chi connectivity index (χ2n) is 11.8. The van der Waals surface area contributed by atoms with Gasteiger partial charge in [-0.25, -0.2) is 0 Å². The molecule has 1 aliphatic heterocycles. The summed E-state index contributed by atoms with van der Waals surface area (Å²) in [6.07, 6.45) is 42.6. The molecule has 0 saturated heterocycles. The molecule has 0 bridgehead atoms. The van der Waals surface area contributed by atoms with Crippen LogP contribution < -0.4 is 0 Å². The third-order valence-corrected chi connectivity index (χ3v) is 8.37. The van der Waals surface area contributed by atoms with Gasteiger partial charge in [0, 0.05) is 25.5 Å². The minimum absolute atomic E-state index is 0.620. The zero-order valence-electron chi connectivity index (χ0n) is 25.4. The van der Waals surface area contributed by atoms with Crippen LogP contribution in [-0.2, 0) is 0 Å². The van der Waals surface area contributed by atoms with Crippen LogP contribution in [0.2, 0.25) is 0 Å². The summed E-state index contributed by atoms with van der Waals surface area (Å²) in [5.41, 5.74) is 0. The summed E-state index contributed by atoms with van der Waals surface area (Å²) in [7, 11) is 0. The quantitative estimate of drug-likeness (QED) is 0.0977. The zero-order chi connectivity index (χ0) is 25.9. The Bertz CT molecular complexity index is 460. The highest BCUT2D eigenvalue weighted by molar-refractivity contribution is 4.96. The minimum Gasteiger partial charge on any atom is -0.356 e. The van der Waals surface area contributed by atoms with Gasteiger partial charge in [-0.3, -0.25) is 0 Å². The van der Waals surface area contributed by atoms with E-state index in [4.69, 9.17) is 0 Å². The molecule has 1 atom stereocenters. The van der Waals surface area contributed by atoms with E-state index in [1.165, 1.54) is 180 Å². The Balaban J connectivity index is 1.91. The van der Waals surface area contributed by atoms with Crippen LogP contribution in [0, 0.1) is 0 Å². The monoisotopic (exact) mass is 505 g/mol. The molecule has 1 heterocycles. The summed E-state index contributed by atoms with van der Waals surface area (Å²) >= 11 is 0. The van der Waals surface area contributed by atoms with Gasteiger partial charge in [0.15, 0.2) is 0 Å². The van der Waals surface area contributed by atoms with Crippen molar-refractivity contribution in [3.8, 4) is 0 Å². The summed E-state index contributed by atoms with van der Waals surface area (Å²) in [6.45, 7) is 9.48. The van der Waals surface area contributed by atoms with Crippen molar-refractivity contribution in [1.29, 1.82) is 0 Å². The fourth-order valence-electron chi connectivity index (χ4n) is 5.92. The van der Waals surface area contributed by atoms with E-state index in [-0.39, 0.29) is 0 Å². The standard InChI is InChI=1S/C34H68N2/c1-4-7-9-11-13-15-17-18-19-21-23-25-27-29-31-36-33-32-35(34(36)6-3)30-28-26-24-22-20-16-14-12-10-8-5-2/h32-34H,4-31H2,1-3H3. The lowest BCUT2D eigenvalue weighted by molar-refractivity contribution is 0.144. The predicted octanol–water partition coefficient (Wildman–Crippen LogP) is 11.6. The van der Waals surface area contributed by atoms with Crippen LogP contribution in [0.4, 0.5) is 0 Å².